The Hall–Kier alpha value is 0.942. The Morgan fingerprint density at radius 2 is 2.14 bits per heavy atom. The summed E-state index contributed by atoms with van der Waals surface area (Å²) in [6.07, 6.45) is 0.910. The second kappa shape index (κ2) is 10.0. The molecule has 0 amide bonds. The van der Waals surface area contributed by atoms with Crippen molar-refractivity contribution in [3.05, 3.63) is 6.61 Å². The molecule has 0 aromatic carbocycles. The maximum absolute atomic E-state index is 11.0. The summed E-state index contributed by atoms with van der Waals surface area (Å²) in [6.45, 7) is 0.636. The van der Waals surface area contributed by atoms with Crippen LogP contribution >= 0.6 is 0 Å². The number of hydrogen-bond acceptors (Lipinski definition) is 1. The molecule has 0 saturated carbocycles. The van der Waals surface area contributed by atoms with Gasteiger partial charge in [0.1, 0.15) is 0 Å². The third-order valence-corrected chi connectivity index (χ3v) is 0.467. The number of unbranched alkanes of at least 4 members (excludes halogenated alkanes) is 1. The molecule has 7 heavy (non-hydrogen) atoms. The summed E-state index contributed by atoms with van der Waals surface area (Å²) in [7, 11) is 0. The molecule has 0 aliphatic heterocycles. The van der Waals surface area contributed by atoms with E-state index in [1.807, 2.05) is 0 Å². The Kier molecular flexibility index (Phi) is 15.5. The van der Waals surface area contributed by atoms with E-state index in [1.54, 1.807) is 0 Å². The number of aliphatic hydroxyl groups is 1. The fraction of sp³-hybridized carbons (Fsp3) is 0.750. The van der Waals surface area contributed by atoms with Crippen LogP contribution in [0.2, 0.25) is 0 Å². The predicted octanol–water partition coefficient (Wildman–Crippen LogP) is 1.27. The van der Waals surface area contributed by atoms with Crippen molar-refractivity contribution < 1.29 is 40.6 Å². The van der Waals surface area contributed by atoms with Gasteiger partial charge in [-0.3, -0.25) is 4.39 Å². The molecule has 0 aliphatic carbocycles. The van der Waals surface area contributed by atoms with Crippen LogP contribution < -0.4 is 0 Å². The van der Waals surface area contributed by atoms with Crippen LogP contribution in [-0.2, 0) is 0 Å². The third-order valence-electron chi connectivity index (χ3n) is 0.467. The van der Waals surface area contributed by atoms with Gasteiger partial charge in [0.2, 0.25) is 0 Å². The van der Waals surface area contributed by atoms with Gasteiger partial charge in [0.05, 0.1) is 6.67 Å². The summed E-state index contributed by atoms with van der Waals surface area (Å²) < 4.78 is 11.0. The quantitative estimate of drug-likeness (QED) is 0.611. The summed E-state index contributed by atoms with van der Waals surface area (Å²) >= 11 is 0. The van der Waals surface area contributed by atoms with Crippen LogP contribution in [0.3, 0.4) is 0 Å². The second-order valence-electron chi connectivity index (χ2n) is 1.01. The van der Waals surface area contributed by atoms with Crippen LogP contribution in [0.4, 0.5) is 4.39 Å². The van der Waals surface area contributed by atoms with E-state index in [-0.39, 0.29) is 37.8 Å². The van der Waals surface area contributed by atoms with E-state index < -0.39 is 0 Å². The minimum atomic E-state index is -0.336. The molecule has 0 saturated heterocycles. The van der Waals surface area contributed by atoms with Gasteiger partial charge in [-0.2, -0.15) is 6.42 Å². The molecular weight excluding hydrogens is 321 g/mol. The largest absolute Gasteiger partial charge is 0.566 e. The summed E-state index contributed by atoms with van der Waals surface area (Å²) in [5, 5.41) is 7.91. The van der Waals surface area contributed by atoms with E-state index in [2.05, 4.69) is 0 Å². The van der Waals surface area contributed by atoms with Crippen LogP contribution in [0.25, 0.3) is 0 Å². The van der Waals surface area contributed by atoms with Crippen LogP contribution in [-0.4, -0.2) is 11.8 Å². The fourth-order valence-corrected chi connectivity index (χ4v) is 0.168. The van der Waals surface area contributed by atoms with Crippen molar-refractivity contribution in [1.29, 1.82) is 0 Å². The Morgan fingerprint density at radius 3 is 2.29 bits per heavy atom. The third kappa shape index (κ3) is 10.9. The average Bonchev–Trinajstić information content (AvgIpc) is 1.61. The fourth-order valence-electron chi connectivity index (χ4n) is 0.168. The predicted molar refractivity (Wildman–Crippen MR) is 21.4 cm³/mol. The summed E-state index contributed by atoms with van der Waals surface area (Å²) in [5.74, 6) is 0. The van der Waals surface area contributed by atoms with Gasteiger partial charge in [0.15, 0.2) is 0 Å². The van der Waals surface area contributed by atoms with Gasteiger partial charge >= 0.3 is 0 Å². The number of alkyl halides is 1. The van der Waals surface area contributed by atoms with Crippen molar-refractivity contribution in [3.8, 4) is 0 Å². The van der Waals surface area contributed by atoms with Crippen molar-refractivity contribution in [2.45, 2.75) is 12.8 Å². The first kappa shape index (κ1) is 10.8. The smallest absolute Gasteiger partial charge is 0.0870 e. The van der Waals surface area contributed by atoms with E-state index >= 15 is 0 Å². The van der Waals surface area contributed by atoms with Gasteiger partial charge in [0.25, 0.3) is 0 Å². The molecule has 0 unspecified atom stereocenters. The second-order valence-corrected chi connectivity index (χ2v) is 1.01. The average molecular weight is 329 g/mol. The van der Waals surface area contributed by atoms with Crippen LogP contribution in [0.5, 0.6) is 0 Å². The molecule has 0 aromatic rings. The van der Waals surface area contributed by atoms with Crippen molar-refractivity contribution in [3.63, 3.8) is 0 Å². The van der Waals surface area contributed by atoms with Crippen LogP contribution in [0, 0.1) is 37.7 Å². The monoisotopic (exact) mass is 329 g/mol. The molecule has 0 heterocycles. The number of hydrogen-bond donors (Lipinski definition) is 1. The van der Waals surface area contributed by atoms with Crippen LogP contribution in [0.1, 0.15) is 12.8 Å². The van der Waals surface area contributed by atoms with E-state index in [0.717, 1.165) is 6.61 Å². The van der Waals surface area contributed by atoms with Gasteiger partial charge in [-0.25, -0.2) is 6.61 Å². The zero-order valence-electron chi connectivity index (χ0n) is 4.02. The van der Waals surface area contributed by atoms with Gasteiger partial charge in [-0.1, -0.05) is 0 Å². The van der Waals surface area contributed by atoms with Crippen molar-refractivity contribution in [2.75, 3.05) is 6.67 Å². The first-order valence-corrected chi connectivity index (χ1v) is 1.93. The van der Waals surface area contributed by atoms with Gasteiger partial charge in [0, 0.05) is 31.1 Å². The standard InChI is InChI=1S/C4H8FO.U/c5-3-1-2-4-6;/h4,6H,1-3H2;/q-1;. The van der Waals surface area contributed by atoms with E-state index in [9.17, 15) is 4.39 Å². The molecule has 0 bridgehead atoms. The molecule has 3 heteroatoms. The molecule has 0 fully saturated rings. The van der Waals surface area contributed by atoms with Gasteiger partial charge in [-0.15, -0.1) is 0 Å². The number of aliphatic hydroxyl groups excluding tert-OH is 1. The number of rotatable bonds is 3. The first-order chi connectivity index (χ1) is 2.91. The zero-order valence-corrected chi connectivity index (χ0v) is 8.19. The van der Waals surface area contributed by atoms with Crippen molar-refractivity contribution >= 4 is 0 Å². The van der Waals surface area contributed by atoms with Gasteiger partial charge < -0.3 is 5.11 Å². The van der Waals surface area contributed by atoms with E-state index in [4.69, 9.17) is 5.11 Å². The molecule has 1 nitrogen and oxygen atoms in total. The van der Waals surface area contributed by atoms with Crippen molar-refractivity contribution in [1.82, 2.24) is 0 Å². The summed E-state index contributed by atoms with van der Waals surface area (Å²) in [5.41, 5.74) is 0. The Morgan fingerprint density at radius 1 is 1.57 bits per heavy atom. The molecule has 1 N–H and O–H groups in total. The molecule has 0 rings (SSSR count). The van der Waals surface area contributed by atoms with Gasteiger partial charge in [-0.05, 0) is 6.42 Å². The SMILES string of the molecule is O[CH-]CCCF.[U]. The maximum Gasteiger partial charge on any atom is 0.0870 e. The number of halogens is 1. The Bertz CT molecular complexity index is 23.7. The van der Waals surface area contributed by atoms with Crippen LogP contribution in [0.15, 0.2) is 0 Å². The minimum absolute atomic E-state index is 0. The summed E-state index contributed by atoms with van der Waals surface area (Å²) in [6, 6.07) is 0. The normalized spacial score (nSPS) is 7.71. The first-order valence-electron chi connectivity index (χ1n) is 1.93. The molecule has 42 valence electrons. The molecule has 0 atom stereocenters. The molecular formula is C4H8FOU-. The van der Waals surface area contributed by atoms with E-state index in [1.165, 1.54) is 0 Å². The molecule has 0 radical (unpaired) electrons. The minimum Gasteiger partial charge on any atom is -0.566 e. The maximum atomic E-state index is 11.0. The molecule has 0 aliphatic rings. The van der Waals surface area contributed by atoms with Crippen molar-refractivity contribution in [2.24, 2.45) is 0 Å². The topological polar surface area (TPSA) is 20.2 Å². The summed E-state index contributed by atoms with van der Waals surface area (Å²) in [4.78, 5) is 0. The Balaban J connectivity index is 0. The Labute approximate surface area is 66.7 Å². The molecule has 0 spiro atoms. The van der Waals surface area contributed by atoms with E-state index in [0.29, 0.717) is 12.8 Å². The molecule has 0 aromatic heterocycles. The zero-order chi connectivity index (χ0) is 4.83.